The maximum absolute atomic E-state index is 4.78. The van der Waals surface area contributed by atoms with Crippen LogP contribution in [0.2, 0.25) is 50.4 Å². The molecule has 0 saturated carbocycles. The van der Waals surface area contributed by atoms with Crippen molar-refractivity contribution in [3.63, 3.8) is 0 Å². The molecule has 2 aromatic rings. The van der Waals surface area contributed by atoms with Gasteiger partial charge in [0.1, 0.15) is 0 Å². The maximum atomic E-state index is 4.78. The Morgan fingerprint density at radius 2 is 1.13 bits per heavy atom. The predicted molar refractivity (Wildman–Crippen MR) is 139 cm³/mol. The highest BCUT2D eigenvalue weighted by Gasteiger charge is 2.20. The standard InChI is InChI=1S/C26H40N2Si2/c1-7-19-29(3,4)21-11-15-23-13-9-17-27-25(23)26-24(14-10-18-28-26)16-12-22-30(5,6)20-8-2/h7-10,13-14,17-18H,1-2,11-12,15-16,19-22H2,3-6H3. The van der Waals surface area contributed by atoms with Gasteiger partial charge in [0.15, 0.2) is 0 Å². The largest absolute Gasteiger partial charge is 0.254 e. The molecule has 0 bridgehead atoms. The molecule has 0 fully saturated rings. The number of aromatic nitrogens is 2. The van der Waals surface area contributed by atoms with E-state index in [2.05, 4.69) is 75.8 Å². The number of pyridine rings is 2. The van der Waals surface area contributed by atoms with Crippen molar-refractivity contribution >= 4 is 16.1 Å². The molecule has 162 valence electrons. The van der Waals surface area contributed by atoms with E-state index >= 15 is 0 Å². The van der Waals surface area contributed by atoms with Gasteiger partial charge in [-0.25, -0.2) is 0 Å². The van der Waals surface area contributed by atoms with Crippen LogP contribution in [0, 0.1) is 0 Å². The van der Waals surface area contributed by atoms with Gasteiger partial charge < -0.3 is 0 Å². The summed E-state index contributed by atoms with van der Waals surface area (Å²) in [5, 5.41) is 0. The van der Waals surface area contributed by atoms with Gasteiger partial charge in [0.2, 0.25) is 0 Å². The van der Waals surface area contributed by atoms with Crippen molar-refractivity contribution in [3.8, 4) is 11.4 Å². The summed E-state index contributed by atoms with van der Waals surface area (Å²) in [5.74, 6) is 0. The van der Waals surface area contributed by atoms with E-state index in [1.165, 1.54) is 48.1 Å². The van der Waals surface area contributed by atoms with E-state index in [0.29, 0.717) is 0 Å². The van der Waals surface area contributed by atoms with Crippen molar-refractivity contribution in [2.75, 3.05) is 0 Å². The molecule has 2 rings (SSSR count). The predicted octanol–water partition coefficient (Wildman–Crippen LogP) is 7.80. The van der Waals surface area contributed by atoms with Crippen LogP contribution in [-0.4, -0.2) is 26.1 Å². The van der Waals surface area contributed by atoms with Crippen molar-refractivity contribution in [2.45, 2.75) is 76.0 Å². The lowest BCUT2D eigenvalue weighted by Crippen LogP contribution is -2.23. The van der Waals surface area contributed by atoms with Crippen LogP contribution in [0.5, 0.6) is 0 Å². The maximum Gasteiger partial charge on any atom is 0.0920 e. The zero-order valence-corrected chi connectivity index (χ0v) is 21.6. The summed E-state index contributed by atoms with van der Waals surface area (Å²) in [7, 11) is -2.33. The van der Waals surface area contributed by atoms with Crippen molar-refractivity contribution in [1.82, 2.24) is 9.97 Å². The molecule has 0 atom stereocenters. The molecule has 0 aliphatic heterocycles. The van der Waals surface area contributed by atoms with Gasteiger partial charge in [-0.2, -0.15) is 0 Å². The van der Waals surface area contributed by atoms with Crippen LogP contribution in [0.1, 0.15) is 24.0 Å². The van der Waals surface area contributed by atoms with Crippen molar-refractivity contribution in [1.29, 1.82) is 0 Å². The minimum absolute atomic E-state index is 1.08. The third kappa shape index (κ3) is 7.80. The molecule has 0 aliphatic rings. The second-order valence-corrected chi connectivity index (χ2v) is 20.5. The fourth-order valence-electron chi connectivity index (χ4n) is 4.21. The summed E-state index contributed by atoms with van der Waals surface area (Å²) in [6.07, 6.45) is 12.6. The minimum atomic E-state index is -1.16. The SMILES string of the molecule is C=CC[Si](C)(C)CCCc1cccnc1-c1ncccc1CCC[Si](C)(C)CC=C. The lowest BCUT2D eigenvalue weighted by Gasteiger charge is -2.21. The van der Waals surface area contributed by atoms with Gasteiger partial charge in [-0.05, 0) is 48.2 Å². The Morgan fingerprint density at radius 1 is 0.733 bits per heavy atom. The van der Waals surface area contributed by atoms with Gasteiger partial charge in [-0.15, -0.1) is 13.2 Å². The second kappa shape index (κ2) is 11.6. The molecule has 0 amide bonds. The van der Waals surface area contributed by atoms with E-state index in [9.17, 15) is 0 Å². The number of nitrogens with zero attached hydrogens (tertiary/aromatic N) is 2. The number of hydrogen-bond donors (Lipinski definition) is 0. The molecular weight excluding hydrogens is 396 g/mol. The summed E-state index contributed by atoms with van der Waals surface area (Å²) in [4.78, 5) is 9.55. The van der Waals surface area contributed by atoms with Crippen molar-refractivity contribution in [2.24, 2.45) is 0 Å². The quantitative estimate of drug-likeness (QED) is 0.236. The smallest absolute Gasteiger partial charge is 0.0920 e. The Hall–Kier alpha value is -1.79. The van der Waals surface area contributed by atoms with Crippen molar-refractivity contribution < 1.29 is 0 Å². The number of hydrogen-bond acceptors (Lipinski definition) is 2. The van der Waals surface area contributed by atoms with Crippen LogP contribution < -0.4 is 0 Å². The summed E-state index contributed by atoms with van der Waals surface area (Å²) >= 11 is 0. The Bertz CT molecular complexity index is 758. The molecule has 30 heavy (non-hydrogen) atoms. The van der Waals surface area contributed by atoms with Crippen LogP contribution in [0.25, 0.3) is 11.4 Å². The number of allylic oxidation sites excluding steroid dienone is 2. The molecule has 0 spiro atoms. The van der Waals surface area contributed by atoms with Gasteiger partial charge in [0.25, 0.3) is 0 Å². The lowest BCUT2D eigenvalue weighted by molar-refractivity contribution is 0.880. The van der Waals surface area contributed by atoms with Crippen LogP contribution in [0.15, 0.2) is 62.0 Å². The van der Waals surface area contributed by atoms with E-state index in [0.717, 1.165) is 24.2 Å². The average Bonchev–Trinajstić information content (AvgIpc) is 2.68. The van der Waals surface area contributed by atoms with Crippen LogP contribution in [0.3, 0.4) is 0 Å². The van der Waals surface area contributed by atoms with Crippen LogP contribution in [0.4, 0.5) is 0 Å². The van der Waals surface area contributed by atoms with Gasteiger partial charge in [0, 0.05) is 12.4 Å². The second-order valence-electron chi connectivity index (χ2n) is 10.0. The van der Waals surface area contributed by atoms with Crippen molar-refractivity contribution in [3.05, 3.63) is 73.1 Å². The summed E-state index contributed by atoms with van der Waals surface area (Å²) in [6.45, 7) is 17.7. The first-order chi connectivity index (χ1) is 14.3. The molecule has 2 aromatic heterocycles. The summed E-state index contributed by atoms with van der Waals surface area (Å²) < 4.78 is 0. The molecule has 4 heteroatoms. The Labute approximate surface area is 186 Å². The highest BCUT2D eigenvalue weighted by atomic mass is 28.3. The fraction of sp³-hybridized carbons (Fsp3) is 0.462. The lowest BCUT2D eigenvalue weighted by atomic mass is 10.0. The molecule has 0 saturated heterocycles. The third-order valence-electron chi connectivity index (χ3n) is 6.00. The number of rotatable bonds is 13. The normalized spacial score (nSPS) is 12.0. The number of aryl methyl sites for hydroxylation is 2. The van der Waals surface area contributed by atoms with Gasteiger partial charge in [-0.1, -0.05) is 75.4 Å². The monoisotopic (exact) mass is 436 g/mol. The van der Waals surface area contributed by atoms with Gasteiger partial charge in [-0.3, -0.25) is 9.97 Å². The van der Waals surface area contributed by atoms with E-state index in [-0.39, 0.29) is 0 Å². The van der Waals surface area contributed by atoms with E-state index in [1.807, 2.05) is 12.4 Å². The molecule has 0 N–H and O–H groups in total. The van der Waals surface area contributed by atoms with E-state index in [4.69, 9.17) is 9.97 Å². The highest BCUT2D eigenvalue weighted by molar-refractivity contribution is 6.78. The van der Waals surface area contributed by atoms with Gasteiger partial charge in [0.05, 0.1) is 27.5 Å². The minimum Gasteiger partial charge on any atom is -0.254 e. The van der Waals surface area contributed by atoms with E-state index in [1.54, 1.807) is 0 Å². The molecule has 0 unspecified atom stereocenters. The zero-order chi connectivity index (χ0) is 22.0. The molecule has 0 aromatic carbocycles. The fourth-order valence-corrected chi connectivity index (χ4v) is 8.45. The van der Waals surface area contributed by atoms with Crippen LogP contribution in [-0.2, 0) is 12.8 Å². The average molecular weight is 437 g/mol. The first-order valence-corrected chi connectivity index (χ1v) is 18.2. The third-order valence-corrected chi connectivity index (χ3v) is 12.2. The summed E-state index contributed by atoms with van der Waals surface area (Å²) in [5.41, 5.74) is 4.84. The first kappa shape index (κ1) is 24.5. The molecule has 2 heterocycles. The molecule has 0 radical (unpaired) electrons. The Kier molecular flexibility index (Phi) is 9.44. The Balaban J connectivity index is 2.12. The Morgan fingerprint density at radius 3 is 1.50 bits per heavy atom. The summed E-state index contributed by atoms with van der Waals surface area (Å²) in [6, 6.07) is 13.7. The molecule has 0 aliphatic carbocycles. The van der Waals surface area contributed by atoms with Crippen LogP contribution >= 0.6 is 0 Å². The first-order valence-electron chi connectivity index (χ1n) is 11.4. The van der Waals surface area contributed by atoms with Gasteiger partial charge >= 0.3 is 0 Å². The molecule has 2 nitrogen and oxygen atoms in total. The topological polar surface area (TPSA) is 25.8 Å². The molecular formula is C26H40N2Si2. The highest BCUT2D eigenvalue weighted by Crippen LogP contribution is 2.28. The van der Waals surface area contributed by atoms with E-state index < -0.39 is 16.1 Å². The zero-order valence-electron chi connectivity index (χ0n) is 19.6.